The predicted octanol–water partition coefficient (Wildman–Crippen LogP) is 3.03. The Bertz CT molecular complexity index is 822. The van der Waals surface area contributed by atoms with Gasteiger partial charge in [0.1, 0.15) is 11.5 Å². The normalized spacial score (nSPS) is 14.3. The maximum atomic E-state index is 12.7. The van der Waals surface area contributed by atoms with E-state index >= 15 is 0 Å². The molecule has 3 amide bonds. The van der Waals surface area contributed by atoms with Gasteiger partial charge in [0.25, 0.3) is 5.91 Å². The highest BCUT2D eigenvalue weighted by atomic mass is 16.5. The minimum Gasteiger partial charge on any atom is -0.466 e. The molecule has 7 heteroatoms. The summed E-state index contributed by atoms with van der Waals surface area (Å²) in [4.78, 5) is 28.7. The van der Waals surface area contributed by atoms with Crippen LogP contribution in [0.1, 0.15) is 27.4 Å². The predicted molar refractivity (Wildman–Crippen MR) is 102 cm³/mol. The van der Waals surface area contributed by atoms with Gasteiger partial charge in [-0.2, -0.15) is 0 Å². The molecule has 1 aromatic carbocycles. The van der Waals surface area contributed by atoms with E-state index in [0.29, 0.717) is 44.1 Å². The van der Waals surface area contributed by atoms with Crippen molar-refractivity contribution < 1.29 is 18.7 Å². The molecule has 0 atom stereocenters. The molecule has 0 spiro atoms. The fourth-order valence-corrected chi connectivity index (χ4v) is 3.24. The fourth-order valence-electron chi connectivity index (χ4n) is 3.24. The Morgan fingerprint density at radius 2 is 1.78 bits per heavy atom. The van der Waals surface area contributed by atoms with E-state index in [1.807, 2.05) is 31.2 Å². The number of ether oxygens (including phenoxy) is 1. The molecule has 0 radical (unpaired) electrons. The number of rotatable bonds is 4. The second-order valence-electron chi connectivity index (χ2n) is 6.63. The van der Waals surface area contributed by atoms with Gasteiger partial charge in [0.15, 0.2) is 0 Å². The molecule has 1 saturated heterocycles. The molecular formula is C20H25N3O4. The standard InChI is InChI=1S/C20H25N3O4/c1-14-12-17(15(2)27-14)19(24)22-8-10-23(11-9-22)20(25)21-18-7-5-4-6-16(18)13-26-3/h4-7,12H,8-11,13H2,1-3H3,(H,21,25). The monoisotopic (exact) mass is 371 g/mol. The minimum absolute atomic E-state index is 0.0464. The molecule has 1 N–H and O–H groups in total. The number of amides is 3. The number of carbonyl (C=O) groups is 2. The summed E-state index contributed by atoms with van der Waals surface area (Å²) in [5, 5.41) is 2.94. The van der Waals surface area contributed by atoms with Gasteiger partial charge in [-0.25, -0.2) is 4.79 Å². The third-order valence-corrected chi connectivity index (χ3v) is 4.68. The van der Waals surface area contributed by atoms with Gasteiger partial charge in [-0.3, -0.25) is 4.79 Å². The molecule has 144 valence electrons. The van der Waals surface area contributed by atoms with E-state index in [-0.39, 0.29) is 11.9 Å². The van der Waals surface area contributed by atoms with Gasteiger partial charge in [-0.1, -0.05) is 18.2 Å². The first-order chi connectivity index (χ1) is 13.0. The van der Waals surface area contributed by atoms with Crippen LogP contribution in [0.25, 0.3) is 0 Å². The van der Waals surface area contributed by atoms with Crippen LogP contribution in [-0.2, 0) is 11.3 Å². The Morgan fingerprint density at radius 3 is 2.41 bits per heavy atom. The molecule has 1 aromatic heterocycles. The van der Waals surface area contributed by atoms with Gasteiger partial charge < -0.3 is 24.3 Å². The van der Waals surface area contributed by atoms with Gasteiger partial charge in [0.05, 0.1) is 12.2 Å². The first kappa shape index (κ1) is 19.0. The number of carbonyl (C=O) groups excluding carboxylic acids is 2. The zero-order valence-electron chi connectivity index (χ0n) is 15.9. The van der Waals surface area contributed by atoms with Crippen molar-refractivity contribution in [2.24, 2.45) is 0 Å². The number of furan rings is 1. The number of hydrogen-bond donors (Lipinski definition) is 1. The maximum Gasteiger partial charge on any atom is 0.321 e. The van der Waals surface area contributed by atoms with Gasteiger partial charge in [-0.15, -0.1) is 0 Å². The van der Waals surface area contributed by atoms with Gasteiger partial charge in [0.2, 0.25) is 0 Å². The van der Waals surface area contributed by atoms with Crippen LogP contribution in [0.15, 0.2) is 34.7 Å². The largest absolute Gasteiger partial charge is 0.466 e. The molecule has 1 aliphatic heterocycles. The molecule has 2 heterocycles. The van der Waals surface area contributed by atoms with Gasteiger partial charge in [-0.05, 0) is 26.0 Å². The number of para-hydroxylation sites is 1. The van der Waals surface area contributed by atoms with Crippen molar-refractivity contribution in [1.29, 1.82) is 0 Å². The molecule has 0 bridgehead atoms. The second-order valence-corrected chi connectivity index (χ2v) is 6.63. The SMILES string of the molecule is COCc1ccccc1NC(=O)N1CCN(C(=O)c2cc(C)oc2C)CC1. The van der Waals surface area contributed by atoms with Crippen LogP contribution in [0.3, 0.4) is 0 Å². The smallest absolute Gasteiger partial charge is 0.321 e. The quantitative estimate of drug-likeness (QED) is 0.896. The van der Waals surface area contributed by atoms with E-state index in [0.717, 1.165) is 17.0 Å². The molecule has 1 aliphatic rings. The number of nitrogens with one attached hydrogen (secondary N) is 1. The van der Waals surface area contributed by atoms with Crippen LogP contribution < -0.4 is 5.32 Å². The lowest BCUT2D eigenvalue weighted by molar-refractivity contribution is 0.0670. The summed E-state index contributed by atoms with van der Waals surface area (Å²) in [7, 11) is 1.62. The van der Waals surface area contributed by atoms with E-state index in [9.17, 15) is 9.59 Å². The number of benzene rings is 1. The topological polar surface area (TPSA) is 75.0 Å². The van der Waals surface area contributed by atoms with Crippen LogP contribution in [0.4, 0.5) is 10.5 Å². The highest BCUT2D eigenvalue weighted by molar-refractivity contribution is 5.95. The number of hydrogen-bond acceptors (Lipinski definition) is 4. The molecule has 0 saturated carbocycles. The number of urea groups is 1. The van der Waals surface area contributed by atoms with Crippen LogP contribution in [0.5, 0.6) is 0 Å². The average Bonchev–Trinajstić information content (AvgIpc) is 3.01. The molecule has 3 rings (SSSR count). The third-order valence-electron chi connectivity index (χ3n) is 4.68. The first-order valence-electron chi connectivity index (χ1n) is 8.98. The summed E-state index contributed by atoms with van der Waals surface area (Å²) in [6.45, 7) is 6.02. The zero-order chi connectivity index (χ0) is 19.4. The summed E-state index contributed by atoms with van der Waals surface area (Å²) in [6.07, 6.45) is 0. The van der Waals surface area contributed by atoms with Crippen molar-refractivity contribution in [2.45, 2.75) is 20.5 Å². The highest BCUT2D eigenvalue weighted by Gasteiger charge is 2.27. The summed E-state index contributed by atoms with van der Waals surface area (Å²) in [6, 6.07) is 9.17. The lowest BCUT2D eigenvalue weighted by Crippen LogP contribution is -2.51. The summed E-state index contributed by atoms with van der Waals surface area (Å²) in [5.41, 5.74) is 2.26. The van der Waals surface area contributed by atoms with Crippen molar-refractivity contribution in [2.75, 3.05) is 38.6 Å². The lowest BCUT2D eigenvalue weighted by atomic mass is 10.2. The van der Waals surface area contributed by atoms with Crippen LogP contribution in [0.2, 0.25) is 0 Å². The van der Waals surface area contributed by atoms with Gasteiger partial charge >= 0.3 is 6.03 Å². The van der Waals surface area contributed by atoms with E-state index in [1.165, 1.54) is 0 Å². The van der Waals surface area contributed by atoms with Crippen LogP contribution >= 0.6 is 0 Å². The summed E-state index contributed by atoms with van der Waals surface area (Å²) in [5.74, 6) is 1.31. The van der Waals surface area contributed by atoms with E-state index in [4.69, 9.17) is 9.15 Å². The molecule has 0 unspecified atom stereocenters. The molecule has 27 heavy (non-hydrogen) atoms. The van der Waals surface area contributed by atoms with E-state index in [1.54, 1.807) is 29.9 Å². The van der Waals surface area contributed by atoms with Gasteiger partial charge in [0, 0.05) is 44.5 Å². The molecular weight excluding hydrogens is 346 g/mol. The zero-order valence-corrected chi connectivity index (χ0v) is 15.9. The fraction of sp³-hybridized carbons (Fsp3) is 0.400. The number of aryl methyl sites for hydroxylation is 2. The molecule has 1 fully saturated rings. The Hall–Kier alpha value is -2.80. The highest BCUT2D eigenvalue weighted by Crippen LogP contribution is 2.19. The second kappa shape index (κ2) is 8.26. The van der Waals surface area contributed by atoms with Crippen molar-refractivity contribution in [3.63, 3.8) is 0 Å². The Morgan fingerprint density at radius 1 is 1.11 bits per heavy atom. The van der Waals surface area contributed by atoms with Crippen molar-refractivity contribution in [3.05, 3.63) is 53.0 Å². The minimum atomic E-state index is -0.166. The number of methoxy groups -OCH3 is 1. The van der Waals surface area contributed by atoms with Crippen molar-refractivity contribution in [3.8, 4) is 0 Å². The van der Waals surface area contributed by atoms with Crippen LogP contribution in [0, 0.1) is 13.8 Å². The average molecular weight is 371 g/mol. The number of piperazine rings is 1. The molecule has 0 aliphatic carbocycles. The lowest BCUT2D eigenvalue weighted by Gasteiger charge is -2.34. The number of nitrogens with zero attached hydrogens (tertiary/aromatic N) is 2. The van der Waals surface area contributed by atoms with Crippen LogP contribution in [-0.4, -0.2) is 55.0 Å². The van der Waals surface area contributed by atoms with E-state index in [2.05, 4.69) is 5.32 Å². The number of anilines is 1. The Balaban J connectivity index is 1.58. The van der Waals surface area contributed by atoms with E-state index < -0.39 is 0 Å². The Kier molecular flexibility index (Phi) is 5.81. The summed E-state index contributed by atoms with van der Waals surface area (Å²) < 4.78 is 10.6. The van der Waals surface area contributed by atoms with Crippen molar-refractivity contribution >= 4 is 17.6 Å². The summed E-state index contributed by atoms with van der Waals surface area (Å²) >= 11 is 0. The Labute approximate surface area is 158 Å². The maximum absolute atomic E-state index is 12.7. The molecule has 7 nitrogen and oxygen atoms in total. The first-order valence-corrected chi connectivity index (χ1v) is 8.98. The van der Waals surface area contributed by atoms with Crippen molar-refractivity contribution in [1.82, 2.24) is 9.80 Å². The molecule has 2 aromatic rings. The third kappa shape index (κ3) is 4.31.